The van der Waals surface area contributed by atoms with Crippen molar-refractivity contribution >= 4 is 11.9 Å². The molecule has 1 heterocycles. The number of carbonyl (C=O) groups excluding carboxylic acids is 1. The second-order valence-electron chi connectivity index (χ2n) is 9.70. The zero-order valence-corrected chi connectivity index (χ0v) is 24.2. The molecule has 2 aromatic rings. The van der Waals surface area contributed by atoms with Gasteiger partial charge in [-0.25, -0.2) is 9.07 Å². The highest BCUT2D eigenvalue weighted by Gasteiger charge is 2.30. The van der Waals surface area contributed by atoms with Gasteiger partial charge >= 0.3 is 5.97 Å². The van der Waals surface area contributed by atoms with E-state index in [2.05, 4.69) is 11.7 Å². The number of carbonyl (C=O) groups is 2. The molecule has 2 rings (SSSR count). The van der Waals surface area contributed by atoms with Crippen LogP contribution >= 0.6 is 0 Å². The van der Waals surface area contributed by atoms with Crippen molar-refractivity contribution in [1.82, 2.24) is 14.7 Å². The number of benzene rings is 1. The molecule has 11 heteroatoms. The number of carboxylic acid groups (broad SMARTS) is 1. The molecular formula is C30H40FN3O7. The highest BCUT2D eigenvalue weighted by molar-refractivity contribution is 5.94. The van der Waals surface area contributed by atoms with Crippen molar-refractivity contribution in [3.05, 3.63) is 77.5 Å². The van der Waals surface area contributed by atoms with Crippen LogP contribution in [0.4, 0.5) is 4.39 Å². The lowest BCUT2D eigenvalue weighted by atomic mass is 9.98. The number of likely N-dealkylation sites (N-methyl/N-ethyl adjacent to an activating group) is 1. The number of aliphatic hydroxyl groups is 2. The molecule has 3 unspecified atom stereocenters. The van der Waals surface area contributed by atoms with Gasteiger partial charge in [0.15, 0.2) is 5.69 Å². The number of methoxy groups -OCH3 is 1. The van der Waals surface area contributed by atoms with Gasteiger partial charge in [-0.05, 0) is 61.3 Å². The van der Waals surface area contributed by atoms with Crippen LogP contribution in [0.2, 0.25) is 0 Å². The zero-order valence-electron chi connectivity index (χ0n) is 24.2. The predicted molar refractivity (Wildman–Crippen MR) is 153 cm³/mol. The quantitative estimate of drug-likeness (QED) is 0.201. The van der Waals surface area contributed by atoms with Gasteiger partial charge < -0.3 is 29.7 Å². The van der Waals surface area contributed by atoms with Crippen molar-refractivity contribution in [3.63, 3.8) is 0 Å². The van der Waals surface area contributed by atoms with Gasteiger partial charge in [-0.3, -0.25) is 9.59 Å². The summed E-state index contributed by atoms with van der Waals surface area (Å²) in [5.41, 5.74) is 1.79. The van der Waals surface area contributed by atoms with Gasteiger partial charge in [0.2, 0.25) is 5.88 Å². The van der Waals surface area contributed by atoms with E-state index in [0.29, 0.717) is 23.4 Å². The Bertz CT molecular complexity index is 1250. The Morgan fingerprint density at radius 3 is 2.41 bits per heavy atom. The standard InChI is InChI=1S/C30H40FN3O7/c1-7-19(4)27-28(29(39)33(5)17-20(8-2)14-25(9-3)40-6)32-34(22-12-10-21(31)11-13-22)30(27)41-18-24(36)15-23(35)16-26(37)38/h8-14,19,23-24,35-36H,2,7,15-18H2,1,3-6H3,(H,37,38)/b20-14+,25-9+. The maximum Gasteiger partial charge on any atom is 0.305 e. The monoisotopic (exact) mass is 573 g/mol. The average Bonchev–Trinajstić information content (AvgIpc) is 3.32. The fraction of sp³-hybridized carbons (Fsp3) is 0.433. The summed E-state index contributed by atoms with van der Waals surface area (Å²) in [7, 11) is 3.18. The van der Waals surface area contributed by atoms with Crippen molar-refractivity contribution in [3.8, 4) is 11.6 Å². The number of allylic oxidation sites excluding steroid dienone is 2. The van der Waals surface area contributed by atoms with Gasteiger partial charge in [-0.2, -0.15) is 5.10 Å². The Morgan fingerprint density at radius 2 is 1.88 bits per heavy atom. The molecule has 3 N–H and O–H groups in total. The molecule has 0 aliphatic heterocycles. The van der Waals surface area contributed by atoms with Crippen LogP contribution in [0.15, 0.2) is 60.4 Å². The maximum absolute atomic E-state index is 13.8. The smallest absolute Gasteiger partial charge is 0.305 e. The Labute approximate surface area is 240 Å². The molecular weight excluding hydrogens is 533 g/mol. The lowest BCUT2D eigenvalue weighted by Gasteiger charge is -2.20. The van der Waals surface area contributed by atoms with Crippen LogP contribution in [-0.2, 0) is 9.53 Å². The molecule has 0 aliphatic carbocycles. The van der Waals surface area contributed by atoms with Crippen LogP contribution in [-0.4, -0.2) is 81.4 Å². The predicted octanol–water partition coefficient (Wildman–Crippen LogP) is 4.22. The van der Waals surface area contributed by atoms with Crippen LogP contribution in [0, 0.1) is 5.82 Å². The largest absolute Gasteiger partial charge is 0.497 e. The van der Waals surface area contributed by atoms with Gasteiger partial charge in [0.1, 0.15) is 18.2 Å². The van der Waals surface area contributed by atoms with Crippen molar-refractivity contribution < 1.29 is 38.8 Å². The first kappa shape index (κ1) is 33.2. The highest BCUT2D eigenvalue weighted by Crippen LogP contribution is 2.35. The summed E-state index contributed by atoms with van der Waals surface area (Å²) in [6.07, 6.45) is 2.62. The van der Waals surface area contributed by atoms with Gasteiger partial charge in [-0.1, -0.05) is 26.5 Å². The molecule has 0 saturated heterocycles. The number of aliphatic hydroxyl groups excluding tert-OH is 2. The lowest BCUT2D eigenvalue weighted by Crippen LogP contribution is -2.30. The molecule has 1 amide bonds. The van der Waals surface area contributed by atoms with Crippen LogP contribution in [0.25, 0.3) is 5.69 Å². The molecule has 10 nitrogen and oxygen atoms in total. The van der Waals surface area contributed by atoms with E-state index >= 15 is 0 Å². The third-order valence-corrected chi connectivity index (χ3v) is 6.50. The number of amides is 1. The summed E-state index contributed by atoms with van der Waals surface area (Å²) in [5.74, 6) is -1.43. The number of rotatable bonds is 16. The molecule has 0 aliphatic rings. The van der Waals surface area contributed by atoms with Crippen molar-refractivity contribution in [2.75, 3.05) is 27.3 Å². The number of halogens is 1. The van der Waals surface area contributed by atoms with Crippen LogP contribution in [0.3, 0.4) is 0 Å². The number of hydrogen-bond donors (Lipinski definition) is 3. The molecule has 1 aromatic carbocycles. The first-order valence-corrected chi connectivity index (χ1v) is 13.3. The zero-order chi connectivity index (χ0) is 30.7. The molecule has 0 spiro atoms. The molecule has 3 atom stereocenters. The van der Waals surface area contributed by atoms with Crippen molar-refractivity contribution in [1.29, 1.82) is 0 Å². The van der Waals surface area contributed by atoms with E-state index < -0.39 is 36.3 Å². The summed E-state index contributed by atoms with van der Waals surface area (Å²) in [6, 6.07) is 5.49. The van der Waals surface area contributed by atoms with Crippen molar-refractivity contribution in [2.24, 2.45) is 0 Å². The fourth-order valence-electron chi connectivity index (χ4n) is 4.10. The second kappa shape index (κ2) is 15.7. The summed E-state index contributed by atoms with van der Waals surface area (Å²) < 4.78 is 26.4. The lowest BCUT2D eigenvalue weighted by molar-refractivity contribution is -0.139. The first-order chi connectivity index (χ1) is 19.4. The molecule has 0 radical (unpaired) electrons. The minimum atomic E-state index is -1.26. The molecule has 41 heavy (non-hydrogen) atoms. The van der Waals surface area contributed by atoms with E-state index in [0.717, 1.165) is 5.57 Å². The molecule has 0 bridgehead atoms. The van der Waals surface area contributed by atoms with Crippen LogP contribution in [0.5, 0.6) is 5.88 Å². The maximum atomic E-state index is 13.8. The first-order valence-electron chi connectivity index (χ1n) is 13.3. The fourth-order valence-corrected chi connectivity index (χ4v) is 4.10. The van der Waals surface area contributed by atoms with E-state index in [9.17, 15) is 24.2 Å². The van der Waals surface area contributed by atoms with E-state index in [1.165, 1.54) is 33.8 Å². The molecule has 1 aromatic heterocycles. The Balaban J connectivity index is 2.53. The molecule has 224 valence electrons. The Hall–Kier alpha value is -3.96. The molecule has 0 saturated carbocycles. The van der Waals surface area contributed by atoms with E-state index in [-0.39, 0.29) is 37.1 Å². The van der Waals surface area contributed by atoms with E-state index in [1.54, 1.807) is 32.4 Å². The minimum absolute atomic E-state index is 0.128. The minimum Gasteiger partial charge on any atom is -0.497 e. The van der Waals surface area contributed by atoms with Crippen LogP contribution < -0.4 is 4.74 Å². The third kappa shape index (κ3) is 9.29. The number of ether oxygens (including phenoxy) is 2. The number of carboxylic acids is 1. The summed E-state index contributed by atoms with van der Waals surface area (Å²) in [6.45, 7) is 9.43. The van der Waals surface area contributed by atoms with Gasteiger partial charge in [0.05, 0.1) is 37.0 Å². The third-order valence-electron chi connectivity index (χ3n) is 6.50. The summed E-state index contributed by atoms with van der Waals surface area (Å²) in [4.78, 5) is 26.1. The topological polar surface area (TPSA) is 134 Å². The highest BCUT2D eigenvalue weighted by atomic mass is 19.1. The number of aliphatic carboxylic acids is 1. The van der Waals surface area contributed by atoms with Crippen molar-refractivity contribution in [2.45, 2.75) is 58.2 Å². The number of aromatic nitrogens is 2. The Morgan fingerprint density at radius 1 is 1.22 bits per heavy atom. The van der Waals surface area contributed by atoms with E-state index in [1.807, 2.05) is 20.8 Å². The Kier molecular flexibility index (Phi) is 12.8. The van der Waals surface area contributed by atoms with Gasteiger partial charge in [0.25, 0.3) is 5.91 Å². The normalized spacial score (nSPS) is 14.2. The summed E-state index contributed by atoms with van der Waals surface area (Å²) in [5, 5.41) is 33.9. The molecule has 0 fully saturated rings. The average molecular weight is 574 g/mol. The van der Waals surface area contributed by atoms with Crippen LogP contribution in [0.1, 0.15) is 62.0 Å². The number of nitrogens with zero attached hydrogens (tertiary/aromatic N) is 3. The second-order valence-corrected chi connectivity index (χ2v) is 9.70. The van der Waals surface area contributed by atoms with Gasteiger partial charge in [-0.15, -0.1) is 0 Å². The summed E-state index contributed by atoms with van der Waals surface area (Å²) >= 11 is 0. The SMILES string of the molecule is C=C/C(=C\C(=C/C)OC)CN(C)C(=O)c1nn(-c2ccc(F)cc2)c(OCC(O)CC(O)CC(=O)O)c1C(C)CC. The number of hydrogen-bond acceptors (Lipinski definition) is 7. The van der Waals surface area contributed by atoms with Gasteiger partial charge in [0, 0.05) is 20.0 Å². The van der Waals surface area contributed by atoms with E-state index in [4.69, 9.17) is 14.6 Å².